The molecule has 2 N–H and O–H groups in total. The first-order valence-corrected chi connectivity index (χ1v) is 7.39. The van der Waals surface area contributed by atoms with Crippen molar-refractivity contribution in [2.75, 3.05) is 11.6 Å². The molecule has 5 nitrogen and oxygen atoms in total. The number of nitrogens with zero attached hydrogens (tertiary/aromatic N) is 1. The molecule has 6 heteroatoms. The van der Waals surface area contributed by atoms with E-state index < -0.39 is 9.84 Å². The highest BCUT2D eigenvalue weighted by molar-refractivity contribution is 7.90. The van der Waals surface area contributed by atoms with Gasteiger partial charge in [-0.2, -0.15) is 5.10 Å². The molecule has 0 atom stereocenters. The van der Waals surface area contributed by atoms with Crippen LogP contribution in [0, 0.1) is 6.92 Å². The summed E-state index contributed by atoms with van der Waals surface area (Å²) in [6, 6.07) is 6.87. The predicted molar refractivity (Wildman–Crippen MR) is 70.2 cm³/mol. The van der Waals surface area contributed by atoms with Gasteiger partial charge in [-0.3, -0.25) is 5.10 Å². The molecule has 1 aromatic heterocycles. The van der Waals surface area contributed by atoms with E-state index in [2.05, 4.69) is 15.5 Å². The maximum atomic E-state index is 11.6. The van der Waals surface area contributed by atoms with Crippen LogP contribution in [0.3, 0.4) is 0 Å². The Hall–Kier alpha value is -1.82. The molecule has 96 valence electrons. The summed E-state index contributed by atoms with van der Waals surface area (Å²) in [6.07, 6.45) is 2.93. The van der Waals surface area contributed by atoms with Crippen LogP contribution in [-0.2, 0) is 16.4 Å². The molecule has 0 aliphatic heterocycles. The van der Waals surface area contributed by atoms with Crippen molar-refractivity contribution < 1.29 is 8.42 Å². The fraction of sp³-hybridized carbons (Fsp3) is 0.250. The first-order valence-electron chi connectivity index (χ1n) is 5.50. The first kappa shape index (κ1) is 12.6. The maximum Gasteiger partial charge on any atom is 0.177 e. The third kappa shape index (κ3) is 2.70. The summed E-state index contributed by atoms with van der Waals surface area (Å²) < 4.78 is 23.2. The molecule has 0 amide bonds. The van der Waals surface area contributed by atoms with Gasteiger partial charge in [0.15, 0.2) is 9.84 Å². The van der Waals surface area contributed by atoms with Crippen molar-refractivity contribution in [2.45, 2.75) is 18.4 Å². The number of hydrogen-bond acceptors (Lipinski definition) is 4. The molecule has 1 heterocycles. The van der Waals surface area contributed by atoms with Gasteiger partial charge in [0.05, 0.1) is 16.8 Å². The van der Waals surface area contributed by atoms with E-state index in [1.807, 2.05) is 6.92 Å². The summed E-state index contributed by atoms with van der Waals surface area (Å²) in [4.78, 5) is 0.311. The molecule has 0 unspecified atom stereocenters. The van der Waals surface area contributed by atoms with E-state index >= 15 is 0 Å². The molecule has 18 heavy (non-hydrogen) atoms. The van der Waals surface area contributed by atoms with E-state index in [-0.39, 0.29) is 0 Å². The highest BCUT2D eigenvalue weighted by atomic mass is 32.2. The lowest BCUT2D eigenvalue weighted by Gasteiger charge is -2.10. The zero-order valence-corrected chi connectivity index (χ0v) is 11.1. The Labute approximate surface area is 106 Å². The monoisotopic (exact) mass is 265 g/mol. The average molecular weight is 265 g/mol. The summed E-state index contributed by atoms with van der Waals surface area (Å²) in [5.41, 5.74) is 2.60. The van der Waals surface area contributed by atoms with Gasteiger partial charge in [0.1, 0.15) is 0 Å². The van der Waals surface area contributed by atoms with Gasteiger partial charge >= 0.3 is 0 Å². The molecule has 0 saturated carbocycles. The first-order chi connectivity index (χ1) is 8.48. The zero-order valence-electron chi connectivity index (χ0n) is 10.3. The Bertz CT molecular complexity index is 647. The van der Waals surface area contributed by atoms with E-state index in [0.717, 1.165) is 11.3 Å². The van der Waals surface area contributed by atoms with Gasteiger partial charge in [0.2, 0.25) is 0 Å². The standard InChI is InChI=1S/C12H15N3O2S/c1-9-10(8-14-15-9)7-13-11-5-3-4-6-12(11)18(2,16)17/h3-6,8,13H,7H2,1-2H3,(H,14,15). The van der Waals surface area contributed by atoms with E-state index in [1.54, 1.807) is 30.5 Å². The second-order valence-electron chi connectivity index (χ2n) is 4.14. The Kier molecular flexibility index (Phi) is 3.38. The quantitative estimate of drug-likeness (QED) is 0.883. The number of aryl methyl sites for hydroxylation is 1. The zero-order chi connectivity index (χ0) is 13.2. The lowest BCUT2D eigenvalue weighted by atomic mass is 10.2. The minimum Gasteiger partial charge on any atom is -0.380 e. The molecule has 0 aliphatic carbocycles. The van der Waals surface area contributed by atoms with Crippen molar-refractivity contribution in [1.82, 2.24) is 10.2 Å². The summed E-state index contributed by atoms with van der Waals surface area (Å²) in [6.45, 7) is 2.46. The van der Waals surface area contributed by atoms with Crippen LogP contribution >= 0.6 is 0 Å². The number of sulfone groups is 1. The molecule has 0 saturated heterocycles. The topological polar surface area (TPSA) is 74.8 Å². The van der Waals surface area contributed by atoms with Gasteiger partial charge in [-0.15, -0.1) is 0 Å². The molecule has 0 aliphatic rings. The van der Waals surface area contributed by atoms with E-state index in [1.165, 1.54) is 6.26 Å². The Morgan fingerprint density at radius 1 is 1.33 bits per heavy atom. The molecular formula is C12H15N3O2S. The Morgan fingerprint density at radius 3 is 2.67 bits per heavy atom. The number of aromatic amines is 1. The van der Waals surface area contributed by atoms with Crippen molar-refractivity contribution in [3.63, 3.8) is 0 Å². The molecule has 1 aromatic carbocycles. The van der Waals surface area contributed by atoms with Crippen LogP contribution in [0.15, 0.2) is 35.4 Å². The minimum absolute atomic E-state index is 0.311. The van der Waals surface area contributed by atoms with Crippen LogP contribution in [0.25, 0.3) is 0 Å². The maximum absolute atomic E-state index is 11.6. The third-order valence-corrected chi connectivity index (χ3v) is 3.85. The van der Waals surface area contributed by atoms with Crippen molar-refractivity contribution in [2.24, 2.45) is 0 Å². The fourth-order valence-electron chi connectivity index (χ4n) is 1.68. The van der Waals surface area contributed by atoms with Crippen molar-refractivity contribution >= 4 is 15.5 Å². The normalized spacial score (nSPS) is 11.4. The van der Waals surface area contributed by atoms with Gasteiger partial charge < -0.3 is 5.32 Å². The number of rotatable bonds is 4. The highest BCUT2D eigenvalue weighted by Gasteiger charge is 2.12. The predicted octanol–water partition coefficient (Wildman–Crippen LogP) is 1.73. The molecule has 0 fully saturated rings. The number of para-hydroxylation sites is 1. The van der Waals surface area contributed by atoms with Gasteiger partial charge in [-0.05, 0) is 19.1 Å². The number of nitrogens with one attached hydrogen (secondary N) is 2. The SMILES string of the molecule is Cc1[nH]ncc1CNc1ccccc1S(C)(=O)=O. The number of hydrogen-bond donors (Lipinski definition) is 2. The minimum atomic E-state index is -3.22. The Balaban J connectivity index is 2.23. The summed E-state index contributed by atoms with van der Waals surface area (Å²) in [7, 11) is -3.22. The number of H-pyrrole nitrogens is 1. The van der Waals surface area contributed by atoms with Crippen LogP contribution in [0.1, 0.15) is 11.3 Å². The van der Waals surface area contributed by atoms with Gasteiger partial charge in [0, 0.05) is 24.1 Å². The fourth-order valence-corrected chi connectivity index (χ4v) is 2.55. The second kappa shape index (κ2) is 4.81. The van der Waals surface area contributed by atoms with E-state index in [9.17, 15) is 8.42 Å². The average Bonchev–Trinajstić information content (AvgIpc) is 2.71. The van der Waals surface area contributed by atoms with Crippen LogP contribution in [-0.4, -0.2) is 24.9 Å². The van der Waals surface area contributed by atoms with Gasteiger partial charge in [-0.1, -0.05) is 12.1 Å². The summed E-state index contributed by atoms with van der Waals surface area (Å²) in [5, 5.41) is 9.89. The van der Waals surface area contributed by atoms with Crippen molar-refractivity contribution in [1.29, 1.82) is 0 Å². The van der Waals surface area contributed by atoms with Crippen LogP contribution < -0.4 is 5.32 Å². The van der Waals surface area contributed by atoms with Crippen molar-refractivity contribution in [3.8, 4) is 0 Å². The number of aromatic nitrogens is 2. The smallest absolute Gasteiger partial charge is 0.177 e. The van der Waals surface area contributed by atoms with Gasteiger partial charge in [0.25, 0.3) is 0 Å². The largest absolute Gasteiger partial charge is 0.380 e. The molecule has 2 aromatic rings. The van der Waals surface area contributed by atoms with Gasteiger partial charge in [-0.25, -0.2) is 8.42 Å². The van der Waals surface area contributed by atoms with Crippen LogP contribution in [0.4, 0.5) is 5.69 Å². The second-order valence-corrected chi connectivity index (χ2v) is 6.13. The Morgan fingerprint density at radius 2 is 2.06 bits per heavy atom. The highest BCUT2D eigenvalue weighted by Crippen LogP contribution is 2.21. The van der Waals surface area contributed by atoms with E-state index in [4.69, 9.17) is 0 Å². The molecular weight excluding hydrogens is 250 g/mol. The van der Waals surface area contributed by atoms with E-state index in [0.29, 0.717) is 17.1 Å². The molecule has 0 radical (unpaired) electrons. The van der Waals surface area contributed by atoms with Crippen molar-refractivity contribution in [3.05, 3.63) is 41.7 Å². The van der Waals surface area contributed by atoms with Crippen LogP contribution in [0.5, 0.6) is 0 Å². The number of anilines is 1. The lowest BCUT2D eigenvalue weighted by Crippen LogP contribution is -2.06. The lowest BCUT2D eigenvalue weighted by molar-refractivity contribution is 0.602. The van der Waals surface area contributed by atoms with Crippen LogP contribution in [0.2, 0.25) is 0 Å². The summed E-state index contributed by atoms with van der Waals surface area (Å²) >= 11 is 0. The number of benzene rings is 1. The molecule has 0 spiro atoms. The summed E-state index contributed by atoms with van der Waals surface area (Å²) in [5.74, 6) is 0. The molecule has 0 bridgehead atoms. The third-order valence-electron chi connectivity index (χ3n) is 2.69. The molecule has 2 rings (SSSR count).